The average Bonchev–Trinajstić information content (AvgIpc) is 2.89. The van der Waals surface area contributed by atoms with Gasteiger partial charge in [-0.05, 0) is 6.42 Å². The van der Waals surface area contributed by atoms with Crippen LogP contribution >= 0.6 is 0 Å². The van der Waals surface area contributed by atoms with Gasteiger partial charge in [-0.1, -0.05) is 128 Å². The standard InChI is InChI=1S/C28H57NO7/c1-2-3-4-5-6-7-8-9-10-11-12-13-14-15-16-17-18-19-20-21-28(34)29(35-24-26(32)22-30)36-25-27(33)23-31/h26-27,30-33H,2-25H2,1H3. The molecule has 0 aromatic rings. The van der Waals surface area contributed by atoms with Crippen molar-refractivity contribution in [3.63, 3.8) is 0 Å². The maximum absolute atomic E-state index is 12.3. The van der Waals surface area contributed by atoms with E-state index in [1.165, 1.54) is 103 Å². The monoisotopic (exact) mass is 519 g/mol. The number of carbonyl (C=O) groups excluding carboxylic acids is 1. The quantitative estimate of drug-likeness (QED) is 0.0828. The van der Waals surface area contributed by atoms with Gasteiger partial charge in [0.2, 0.25) is 0 Å². The van der Waals surface area contributed by atoms with Crippen molar-refractivity contribution in [1.29, 1.82) is 0 Å². The predicted molar refractivity (Wildman–Crippen MR) is 143 cm³/mol. The fourth-order valence-electron chi connectivity index (χ4n) is 4.04. The first-order valence-electron chi connectivity index (χ1n) is 14.7. The van der Waals surface area contributed by atoms with Gasteiger partial charge in [-0.3, -0.25) is 4.79 Å². The fourth-order valence-corrected chi connectivity index (χ4v) is 4.04. The Bertz CT molecular complexity index is 453. The lowest BCUT2D eigenvalue weighted by atomic mass is 10.0. The lowest BCUT2D eigenvalue weighted by Gasteiger charge is -2.22. The molecule has 0 saturated carbocycles. The number of nitrogens with zero attached hydrogens (tertiary/aromatic N) is 1. The maximum atomic E-state index is 12.3. The Hall–Kier alpha value is -0.770. The van der Waals surface area contributed by atoms with Crippen LogP contribution in [-0.4, -0.2) is 70.2 Å². The second kappa shape index (κ2) is 27.3. The molecule has 0 aromatic carbocycles. The van der Waals surface area contributed by atoms with E-state index in [-0.39, 0.29) is 19.6 Å². The van der Waals surface area contributed by atoms with E-state index >= 15 is 0 Å². The van der Waals surface area contributed by atoms with E-state index in [0.717, 1.165) is 12.8 Å². The molecule has 4 N–H and O–H groups in total. The number of rotatable bonds is 28. The van der Waals surface area contributed by atoms with E-state index in [1.807, 2.05) is 0 Å². The minimum absolute atomic E-state index is 0.225. The zero-order valence-corrected chi connectivity index (χ0v) is 23.1. The number of amides is 1. The molecule has 0 aliphatic carbocycles. The van der Waals surface area contributed by atoms with E-state index in [4.69, 9.17) is 19.9 Å². The number of unbranched alkanes of at least 4 members (excludes halogenated alkanes) is 18. The van der Waals surface area contributed by atoms with Gasteiger partial charge in [-0.2, -0.15) is 0 Å². The molecule has 0 fully saturated rings. The van der Waals surface area contributed by atoms with E-state index < -0.39 is 31.3 Å². The van der Waals surface area contributed by atoms with Gasteiger partial charge in [0, 0.05) is 6.42 Å². The average molecular weight is 520 g/mol. The SMILES string of the molecule is CCCCCCCCCCCCCCCCCCCCCC(=O)N(OCC(O)CO)OCC(O)CO. The number of aliphatic hydroxyl groups excluding tert-OH is 4. The van der Waals surface area contributed by atoms with Crippen LogP contribution in [0.2, 0.25) is 0 Å². The van der Waals surface area contributed by atoms with E-state index in [9.17, 15) is 15.0 Å². The number of hydrogen-bond donors (Lipinski definition) is 4. The molecule has 0 bridgehead atoms. The van der Waals surface area contributed by atoms with Crippen LogP contribution in [0, 0.1) is 0 Å². The highest BCUT2D eigenvalue weighted by Gasteiger charge is 2.19. The Kier molecular flexibility index (Phi) is 26.7. The number of hydrogen-bond acceptors (Lipinski definition) is 7. The topological polar surface area (TPSA) is 120 Å². The third-order valence-corrected chi connectivity index (χ3v) is 6.39. The zero-order valence-electron chi connectivity index (χ0n) is 23.1. The van der Waals surface area contributed by atoms with Gasteiger partial charge in [0.15, 0.2) is 0 Å². The van der Waals surface area contributed by atoms with Crippen LogP contribution in [0.3, 0.4) is 0 Å². The molecule has 2 unspecified atom stereocenters. The molecule has 0 saturated heterocycles. The molecule has 0 aromatic heterocycles. The van der Waals surface area contributed by atoms with Crippen molar-refractivity contribution in [3.05, 3.63) is 0 Å². The molecule has 2 atom stereocenters. The minimum atomic E-state index is -1.14. The van der Waals surface area contributed by atoms with Crippen LogP contribution in [0.4, 0.5) is 0 Å². The Morgan fingerprint density at radius 3 is 1.19 bits per heavy atom. The van der Waals surface area contributed by atoms with E-state index in [1.54, 1.807) is 0 Å². The van der Waals surface area contributed by atoms with Gasteiger partial charge < -0.3 is 20.4 Å². The van der Waals surface area contributed by atoms with Gasteiger partial charge in [-0.25, -0.2) is 9.68 Å². The first-order valence-corrected chi connectivity index (χ1v) is 14.7. The largest absolute Gasteiger partial charge is 0.394 e. The van der Waals surface area contributed by atoms with Crippen LogP contribution in [0.1, 0.15) is 135 Å². The number of aliphatic hydroxyl groups is 4. The third kappa shape index (κ3) is 23.6. The molecule has 0 radical (unpaired) electrons. The summed E-state index contributed by atoms with van der Waals surface area (Å²) in [6, 6.07) is 0. The first kappa shape index (κ1) is 35.2. The van der Waals surface area contributed by atoms with E-state index in [2.05, 4.69) is 6.92 Å². The molecular formula is C28H57NO7. The fraction of sp³-hybridized carbons (Fsp3) is 0.964. The molecule has 216 valence electrons. The Morgan fingerprint density at radius 2 is 0.889 bits per heavy atom. The first-order chi connectivity index (χ1) is 17.5. The molecular weight excluding hydrogens is 462 g/mol. The zero-order chi connectivity index (χ0) is 26.7. The van der Waals surface area contributed by atoms with Crippen molar-refractivity contribution in [2.45, 2.75) is 148 Å². The molecule has 0 aliphatic rings. The summed E-state index contributed by atoms with van der Waals surface area (Å²) in [5.74, 6) is -0.419. The van der Waals surface area contributed by atoms with Gasteiger partial charge in [0.1, 0.15) is 25.4 Å². The third-order valence-electron chi connectivity index (χ3n) is 6.39. The minimum Gasteiger partial charge on any atom is -0.394 e. The van der Waals surface area contributed by atoms with Gasteiger partial charge >= 0.3 is 0 Å². The maximum Gasteiger partial charge on any atom is 0.273 e. The molecule has 0 spiro atoms. The smallest absolute Gasteiger partial charge is 0.273 e. The highest BCUT2D eigenvalue weighted by molar-refractivity contribution is 5.73. The molecule has 36 heavy (non-hydrogen) atoms. The lowest BCUT2D eigenvalue weighted by Crippen LogP contribution is -2.37. The second-order valence-electron chi connectivity index (χ2n) is 10.0. The molecule has 8 nitrogen and oxygen atoms in total. The van der Waals surface area contributed by atoms with Crippen LogP contribution < -0.4 is 0 Å². The summed E-state index contributed by atoms with van der Waals surface area (Å²) in [6.07, 6.45) is 22.4. The summed E-state index contributed by atoms with van der Waals surface area (Å²) in [6.45, 7) is 0.652. The van der Waals surface area contributed by atoms with Gasteiger partial charge in [0.25, 0.3) is 5.91 Å². The van der Waals surface area contributed by atoms with Crippen molar-refractivity contribution >= 4 is 5.91 Å². The molecule has 0 aliphatic heterocycles. The Balaban J connectivity index is 3.59. The van der Waals surface area contributed by atoms with Crippen LogP contribution in [0.15, 0.2) is 0 Å². The number of hydroxylamine groups is 2. The van der Waals surface area contributed by atoms with Gasteiger partial charge in [-0.15, -0.1) is 0 Å². The van der Waals surface area contributed by atoms with Crippen LogP contribution in [0.5, 0.6) is 0 Å². The highest BCUT2D eigenvalue weighted by atomic mass is 17.0. The summed E-state index contributed by atoms with van der Waals surface area (Å²) < 4.78 is 0. The molecule has 8 heteroatoms. The van der Waals surface area contributed by atoms with Crippen LogP contribution in [-0.2, 0) is 14.5 Å². The summed E-state index contributed by atoms with van der Waals surface area (Å²) >= 11 is 0. The lowest BCUT2D eigenvalue weighted by molar-refractivity contribution is -0.353. The summed E-state index contributed by atoms with van der Waals surface area (Å²) in [7, 11) is 0. The Labute approximate surface area is 220 Å². The normalized spacial score (nSPS) is 13.1. The van der Waals surface area contributed by atoms with E-state index in [0.29, 0.717) is 11.6 Å². The molecule has 1 amide bonds. The van der Waals surface area contributed by atoms with Crippen molar-refractivity contribution in [1.82, 2.24) is 5.23 Å². The molecule has 0 heterocycles. The summed E-state index contributed by atoms with van der Waals surface area (Å²) in [5, 5.41) is 37.2. The Morgan fingerprint density at radius 1 is 0.583 bits per heavy atom. The highest BCUT2D eigenvalue weighted by Crippen LogP contribution is 2.15. The summed E-state index contributed by atoms with van der Waals surface area (Å²) in [4.78, 5) is 22.5. The van der Waals surface area contributed by atoms with Crippen molar-refractivity contribution < 1.29 is 34.9 Å². The van der Waals surface area contributed by atoms with Crippen molar-refractivity contribution in [3.8, 4) is 0 Å². The van der Waals surface area contributed by atoms with Gasteiger partial charge in [0.05, 0.1) is 13.2 Å². The molecule has 0 rings (SSSR count). The second-order valence-corrected chi connectivity index (χ2v) is 10.0. The summed E-state index contributed by atoms with van der Waals surface area (Å²) in [5.41, 5.74) is 0. The van der Waals surface area contributed by atoms with Crippen LogP contribution in [0.25, 0.3) is 0 Å². The van der Waals surface area contributed by atoms with Crippen molar-refractivity contribution in [2.75, 3.05) is 26.4 Å². The number of carbonyl (C=O) groups is 1. The van der Waals surface area contributed by atoms with Crippen molar-refractivity contribution in [2.24, 2.45) is 0 Å². The predicted octanol–water partition coefficient (Wildman–Crippen LogP) is 5.21.